The molecule has 0 aliphatic carbocycles. The van der Waals surface area contributed by atoms with Gasteiger partial charge in [-0.05, 0) is 43.0 Å². The number of hydrogen-bond acceptors (Lipinski definition) is 3. The molecule has 24 heavy (non-hydrogen) atoms. The highest BCUT2D eigenvalue weighted by atomic mass is 35.5. The van der Waals surface area contributed by atoms with Crippen LogP contribution in [0.3, 0.4) is 0 Å². The number of benzene rings is 1. The van der Waals surface area contributed by atoms with Gasteiger partial charge in [0.05, 0.1) is 10.6 Å². The van der Waals surface area contributed by atoms with E-state index >= 15 is 0 Å². The van der Waals surface area contributed by atoms with Crippen molar-refractivity contribution in [3.05, 3.63) is 57.7 Å². The Bertz CT molecular complexity index is 730. The quantitative estimate of drug-likeness (QED) is 0.861. The molecule has 0 radical (unpaired) electrons. The zero-order chi connectivity index (χ0) is 16.9. The number of nitrogens with one attached hydrogen (secondary N) is 1. The Labute approximate surface area is 151 Å². The molecule has 1 fully saturated rings. The van der Waals surface area contributed by atoms with Crippen LogP contribution < -0.4 is 5.32 Å². The zero-order valence-electron chi connectivity index (χ0n) is 13.3. The second-order valence-electron chi connectivity index (χ2n) is 5.89. The van der Waals surface area contributed by atoms with Gasteiger partial charge in [0, 0.05) is 30.9 Å². The van der Waals surface area contributed by atoms with E-state index in [0.29, 0.717) is 28.0 Å². The highest BCUT2D eigenvalue weighted by Gasteiger charge is 2.19. The lowest BCUT2D eigenvalue weighted by atomic mass is 10.1. The second kappa shape index (κ2) is 7.86. The van der Waals surface area contributed by atoms with Crippen LogP contribution in [0.25, 0.3) is 0 Å². The molecule has 1 amide bonds. The minimum atomic E-state index is 0.00508. The van der Waals surface area contributed by atoms with Gasteiger partial charge in [0.2, 0.25) is 0 Å². The van der Waals surface area contributed by atoms with Gasteiger partial charge < -0.3 is 10.2 Å². The van der Waals surface area contributed by atoms with Crippen molar-refractivity contribution < 1.29 is 4.79 Å². The summed E-state index contributed by atoms with van der Waals surface area (Å²) in [4.78, 5) is 18.7. The number of pyridine rings is 1. The van der Waals surface area contributed by atoms with Crippen molar-refractivity contribution >= 4 is 34.9 Å². The summed E-state index contributed by atoms with van der Waals surface area (Å²) in [6, 6.07) is 9.27. The number of likely N-dealkylation sites (tertiary alicyclic amines) is 1. The largest absolute Gasteiger partial charge is 0.365 e. The standard InChI is InChI=1S/C18H19Cl2N3O/c19-15-6-4-5-13(9-15)11-21-17-16(20)10-14(12-22-17)18(24)23-7-2-1-3-8-23/h4-6,9-10,12H,1-3,7-8,11H2,(H,21,22). The van der Waals surface area contributed by atoms with Crippen molar-refractivity contribution in [2.75, 3.05) is 18.4 Å². The lowest BCUT2D eigenvalue weighted by Gasteiger charge is -2.26. The van der Waals surface area contributed by atoms with Crippen molar-refractivity contribution in [2.45, 2.75) is 25.8 Å². The summed E-state index contributed by atoms with van der Waals surface area (Å²) in [5.41, 5.74) is 1.57. The van der Waals surface area contributed by atoms with Crippen LogP contribution in [0.4, 0.5) is 5.82 Å². The lowest BCUT2D eigenvalue weighted by molar-refractivity contribution is 0.0724. The van der Waals surface area contributed by atoms with Gasteiger partial charge in [-0.3, -0.25) is 4.79 Å². The first-order valence-electron chi connectivity index (χ1n) is 8.06. The summed E-state index contributed by atoms with van der Waals surface area (Å²) < 4.78 is 0. The van der Waals surface area contributed by atoms with E-state index < -0.39 is 0 Å². The molecule has 2 aromatic rings. The van der Waals surface area contributed by atoms with E-state index in [1.807, 2.05) is 29.2 Å². The van der Waals surface area contributed by atoms with Gasteiger partial charge >= 0.3 is 0 Å². The average Bonchev–Trinajstić information content (AvgIpc) is 2.61. The van der Waals surface area contributed by atoms with Crippen LogP contribution in [0.1, 0.15) is 35.2 Å². The molecule has 3 rings (SSSR count). The molecule has 6 heteroatoms. The molecular formula is C18H19Cl2N3O. The van der Waals surface area contributed by atoms with Gasteiger partial charge in [-0.2, -0.15) is 0 Å². The molecule has 1 N–H and O–H groups in total. The highest BCUT2D eigenvalue weighted by Crippen LogP contribution is 2.23. The summed E-state index contributed by atoms with van der Waals surface area (Å²) in [6.07, 6.45) is 4.90. The number of aromatic nitrogens is 1. The number of piperidine rings is 1. The molecule has 1 aliphatic heterocycles. The number of nitrogens with zero attached hydrogens (tertiary/aromatic N) is 2. The van der Waals surface area contributed by atoms with E-state index in [-0.39, 0.29) is 5.91 Å². The summed E-state index contributed by atoms with van der Waals surface area (Å²) in [5.74, 6) is 0.567. The van der Waals surface area contributed by atoms with Gasteiger partial charge in [-0.15, -0.1) is 0 Å². The number of rotatable bonds is 4. The fourth-order valence-electron chi connectivity index (χ4n) is 2.80. The van der Waals surface area contributed by atoms with Gasteiger partial charge in [-0.1, -0.05) is 35.3 Å². The molecular weight excluding hydrogens is 345 g/mol. The monoisotopic (exact) mass is 363 g/mol. The zero-order valence-corrected chi connectivity index (χ0v) is 14.8. The maximum absolute atomic E-state index is 12.5. The third kappa shape index (κ3) is 4.19. The number of carbonyl (C=O) groups excluding carboxylic acids is 1. The number of anilines is 1. The molecule has 1 aromatic carbocycles. The molecule has 0 atom stereocenters. The maximum atomic E-state index is 12.5. The van der Waals surface area contributed by atoms with E-state index in [2.05, 4.69) is 10.3 Å². The van der Waals surface area contributed by atoms with E-state index in [0.717, 1.165) is 31.5 Å². The summed E-state index contributed by atoms with van der Waals surface area (Å²) in [7, 11) is 0. The predicted molar refractivity (Wildman–Crippen MR) is 97.8 cm³/mol. The first kappa shape index (κ1) is 17.1. The van der Waals surface area contributed by atoms with Crippen LogP contribution in [0, 0.1) is 0 Å². The van der Waals surface area contributed by atoms with Crippen LogP contribution >= 0.6 is 23.2 Å². The van der Waals surface area contributed by atoms with Crippen LogP contribution in [0.5, 0.6) is 0 Å². The van der Waals surface area contributed by atoms with Crippen molar-refractivity contribution in [1.82, 2.24) is 9.88 Å². The SMILES string of the molecule is O=C(c1cnc(NCc2cccc(Cl)c2)c(Cl)c1)N1CCCCC1. The van der Waals surface area contributed by atoms with E-state index in [1.165, 1.54) is 6.42 Å². The molecule has 0 spiro atoms. The number of halogens is 2. The smallest absolute Gasteiger partial charge is 0.255 e. The first-order valence-corrected chi connectivity index (χ1v) is 8.82. The normalized spacial score (nSPS) is 14.5. The highest BCUT2D eigenvalue weighted by molar-refractivity contribution is 6.33. The van der Waals surface area contributed by atoms with Crippen LogP contribution in [0.2, 0.25) is 10.0 Å². The topological polar surface area (TPSA) is 45.2 Å². The van der Waals surface area contributed by atoms with Gasteiger partial charge in [0.15, 0.2) is 0 Å². The molecule has 1 saturated heterocycles. The van der Waals surface area contributed by atoms with Crippen molar-refractivity contribution in [1.29, 1.82) is 0 Å². The summed E-state index contributed by atoms with van der Waals surface area (Å²) in [5, 5.41) is 4.31. The Balaban J connectivity index is 1.67. The molecule has 126 valence electrons. The molecule has 1 aromatic heterocycles. The first-order chi connectivity index (χ1) is 11.6. The fraction of sp³-hybridized carbons (Fsp3) is 0.333. The molecule has 0 unspecified atom stereocenters. The van der Waals surface area contributed by atoms with Crippen LogP contribution in [-0.4, -0.2) is 28.9 Å². The molecule has 4 nitrogen and oxygen atoms in total. The van der Waals surface area contributed by atoms with Gasteiger partial charge in [0.1, 0.15) is 5.82 Å². The van der Waals surface area contributed by atoms with Crippen LogP contribution in [-0.2, 0) is 6.54 Å². The molecule has 0 saturated carbocycles. The second-order valence-corrected chi connectivity index (χ2v) is 6.73. The van der Waals surface area contributed by atoms with Crippen molar-refractivity contribution in [2.24, 2.45) is 0 Å². The molecule has 1 aliphatic rings. The Morgan fingerprint density at radius 2 is 1.96 bits per heavy atom. The maximum Gasteiger partial charge on any atom is 0.255 e. The molecule has 2 heterocycles. The third-order valence-electron chi connectivity index (χ3n) is 4.08. The Morgan fingerprint density at radius 1 is 1.17 bits per heavy atom. The van der Waals surface area contributed by atoms with Crippen molar-refractivity contribution in [3.63, 3.8) is 0 Å². The third-order valence-corrected chi connectivity index (χ3v) is 4.60. The fourth-order valence-corrected chi connectivity index (χ4v) is 3.24. The Hall–Kier alpha value is -1.78. The molecule has 0 bridgehead atoms. The van der Waals surface area contributed by atoms with E-state index in [4.69, 9.17) is 23.2 Å². The minimum absolute atomic E-state index is 0.00508. The Morgan fingerprint density at radius 3 is 2.67 bits per heavy atom. The lowest BCUT2D eigenvalue weighted by Crippen LogP contribution is -2.35. The number of carbonyl (C=O) groups is 1. The number of amides is 1. The van der Waals surface area contributed by atoms with Gasteiger partial charge in [0.25, 0.3) is 5.91 Å². The average molecular weight is 364 g/mol. The van der Waals surface area contributed by atoms with Crippen LogP contribution in [0.15, 0.2) is 36.5 Å². The van der Waals surface area contributed by atoms with E-state index in [9.17, 15) is 4.79 Å². The summed E-state index contributed by atoms with van der Waals surface area (Å²) in [6.45, 7) is 2.18. The minimum Gasteiger partial charge on any atom is -0.365 e. The Kier molecular flexibility index (Phi) is 5.59. The summed E-state index contributed by atoms with van der Waals surface area (Å²) >= 11 is 12.3. The van der Waals surface area contributed by atoms with Gasteiger partial charge in [-0.25, -0.2) is 4.98 Å². The predicted octanol–water partition coefficient (Wildman–Crippen LogP) is 4.63. The van der Waals surface area contributed by atoms with E-state index in [1.54, 1.807) is 12.3 Å². The van der Waals surface area contributed by atoms with Crippen molar-refractivity contribution in [3.8, 4) is 0 Å². The number of hydrogen-bond donors (Lipinski definition) is 1.